The zero-order chi connectivity index (χ0) is 25.2. The van der Waals surface area contributed by atoms with E-state index in [1.165, 1.54) is 29.9 Å². The smallest absolute Gasteiger partial charge is 0.411 e. The Morgan fingerprint density at radius 2 is 2.14 bits per heavy atom. The molecule has 11 nitrogen and oxygen atoms in total. The Bertz CT molecular complexity index is 1430. The van der Waals surface area contributed by atoms with Gasteiger partial charge in [0, 0.05) is 18.4 Å². The van der Waals surface area contributed by atoms with Gasteiger partial charge in [-0.05, 0) is 51.6 Å². The molecule has 0 radical (unpaired) electrons. The third kappa shape index (κ3) is 4.86. The van der Waals surface area contributed by atoms with Crippen LogP contribution in [0.2, 0.25) is 0 Å². The molecule has 4 aromatic heterocycles. The van der Waals surface area contributed by atoms with Gasteiger partial charge in [-0.3, -0.25) is 15.1 Å². The maximum atomic E-state index is 13.1. The number of likely N-dealkylation sites (N-methyl/N-ethyl adjacent to an activating group) is 1. The maximum absolute atomic E-state index is 13.1. The first-order valence-corrected chi connectivity index (χ1v) is 12.2. The van der Waals surface area contributed by atoms with Crippen LogP contribution in [0.4, 0.5) is 16.2 Å². The highest BCUT2D eigenvalue weighted by Crippen LogP contribution is 2.34. The molecular formula is C24H25N7O4S. The van der Waals surface area contributed by atoms with Crippen LogP contribution in [0.3, 0.4) is 0 Å². The molecule has 0 aromatic carbocycles. The lowest BCUT2D eigenvalue weighted by molar-refractivity contribution is 0.102. The molecule has 1 fully saturated rings. The Kier molecular flexibility index (Phi) is 6.53. The molecule has 12 heteroatoms. The Balaban J connectivity index is 1.28. The van der Waals surface area contributed by atoms with Gasteiger partial charge in [-0.1, -0.05) is 0 Å². The van der Waals surface area contributed by atoms with Gasteiger partial charge in [0.2, 0.25) is 5.88 Å². The summed E-state index contributed by atoms with van der Waals surface area (Å²) in [7, 11) is 2.02. The van der Waals surface area contributed by atoms with Crippen LogP contribution in [0.25, 0.3) is 15.3 Å². The van der Waals surface area contributed by atoms with Crippen LogP contribution in [0.1, 0.15) is 28.9 Å². The van der Waals surface area contributed by atoms with Gasteiger partial charge in [0.25, 0.3) is 5.91 Å². The number of aromatic nitrogens is 4. The number of aromatic hydroxyl groups is 1. The Morgan fingerprint density at radius 1 is 1.28 bits per heavy atom. The summed E-state index contributed by atoms with van der Waals surface area (Å²) in [5.41, 5.74) is 2.38. The number of amides is 2. The quantitative estimate of drug-likeness (QED) is 0.359. The molecule has 1 aliphatic heterocycles. The van der Waals surface area contributed by atoms with E-state index >= 15 is 0 Å². The fourth-order valence-corrected chi connectivity index (χ4v) is 5.17. The molecule has 0 unspecified atom stereocenters. The zero-order valence-corrected chi connectivity index (χ0v) is 20.6. The van der Waals surface area contributed by atoms with Gasteiger partial charge in [0.15, 0.2) is 0 Å². The van der Waals surface area contributed by atoms with Crippen LogP contribution in [0.15, 0.2) is 43.0 Å². The molecule has 4 aromatic rings. The highest BCUT2D eigenvalue weighted by atomic mass is 32.1. The van der Waals surface area contributed by atoms with E-state index in [1.54, 1.807) is 35.8 Å². The lowest BCUT2D eigenvalue weighted by Gasteiger charge is -2.19. The van der Waals surface area contributed by atoms with E-state index in [-0.39, 0.29) is 17.8 Å². The third-order valence-corrected chi connectivity index (χ3v) is 7.30. The molecule has 36 heavy (non-hydrogen) atoms. The van der Waals surface area contributed by atoms with Crippen molar-refractivity contribution in [3.05, 3.63) is 54.2 Å². The van der Waals surface area contributed by atoms with E-state index in [1.807, 2.05) is 7.05 Å². The number of hydrogen-bond donors (Lipinski definition) is 3. The van der Waals surface area contributed by atoms with Crippen molar-refractivity contribution in [1.29, 1.82) is 0 Å². The van der Waals surface area contributed by atoms with Crippen molar-refractivity contribution >= 4 is 39.5 Å². The number of nitrogens with zero attached hydrogens (tertiary/aromatic N) is 5. The molecule has 0 saturated carbocycles. The zero-order valence-electron chi connectivity index (χ0n) is 19.8. The SMILES string of the molecule is Cc1ncc(NC(=O)OC[C@@H]2CCCN2C)cc1NC(=O)c1cnn2cc(-c3cccnc3O)sc12. The molecule has 0 bridgehead atoms. The first-order valence-electron chi connectivity index (χ1n) is 11.4. The van der Waals surface area contributed by atoms with Crippen molar-refractivity contribution in [3.63, 3.8) is 0 Å². The number of ether oxygens (including phenoxy) is 1. The number of nitrogens with one attached hydrogen (secondary N) is 2. The van der Waals surface area contributed by atoms with Crippen molar-refractivity contribution < 1.29 is 19.4 Å². The fraction of sp³-hybridized carbons (Fsp3) is 0.292. The average Bonchev–Trinajstić information content (AvgIpc) is 3.56. The van der Waals surface area contributed by atoms with Gasteiger partial charge in [0.05, 0.1) is 45.5 Å². The average molecular weight is 508 g/mol. The minimum atomic E-state index is -0.568. The lowest BCUT2D eigenvalue weighted by atomic mass is 10.2. The normalized spacial score (nSPS) is 15.8. The van der Waals surface area contributed by atoms with Crippen molar-refractivity contribution in [2.75, 3.05) is 30.8 Å². The summed E-state index contributed by atoms with van der Waals surface area (Å²) in [6, 6.07) is 5.34. The molecule has 2 amide bonds. The standard InChI is InChI=1S/C24H25N7O4S/c1-14-19(9-15(10-26-14)28-24(34)35-13-16-5-4-8-30(16)2)29-22(33)18-11-27-31-12-20(36-23(18)31)17-6-3-7-25-21(17)32/h3,6-7,9-12,16H,4-5,8,13H2,1-2H3,(H,25,32)(H,28,34)(H,29,33)/t16-/m0/s1. The molecule has 0 aliphatic carbocycles. The summed E-state index contributed by atoms with van der Waals surface area (Å²) in [4.78, 5) is 37.1. The number of carbonyl (C=O) groups is 2. The predicted molar refractivity (Wildman–Crippen MR) is 136 cm³/mol. The minimum absolute atomic E-state index is 0.0900. The number of anilines is 2. The van der Waals surface area contributed by atoms with Crippen LogP contribution < -0.4 is 10.6 Å². The second-order valence-electron chi connectivity index (χ2n) is 8.59. The van der Waals surface area contributed by atoms with E-state index in [0.717, 1.165) is 24.3 Å². The maximum Gasteiger partial charge on any atom is 0.411 e. The van der Waals surface area contributed by atoms with Crippen molar-refractivity contribution in [2.24, 2.45) is 0 Å². The summed E-state index contributed by atoms with van der Waals surface area (Å²) >= 11 is 1.32. The van der Waals surface area contributed by atoms with E-state index < -0.39 is 6.09 Å². The lowest BCUT2D eigenvalue weighted by Crippen LogP contribution is -2.31. The highest BCUT2D eigenvalue weighted by molar-refractivity contribution is 7.21. The summed E-state index contributed by atoms with van der Waals surface area (Å²) < 4.78 is 6.95. The van der Waals surface area contributed by atoms with Gasteiger partial charge in [-0.25, -0.2) is 14.3 Å². The van der Waals surface area contributed by atoms with Gasteiger partial charge in [-0.15, -0.1) is 11.3 Å². The molecular weight excluding hydrogens is 482 g/mol. The predicted octanol–water partition coefficient (Wildman–Crippen LogP) is 3.76. The summed E-state index contributed by atoms with van der Waals surface area (Å²) in [5.74, 6) is -0.462. The van der Waals surface area contributed by atoms with Crippen LogP contribution in [0.5, 0.6) is 5.88 Å². The van der Waals surface area contributed by atoms with E-state index in [4.69, 9.17) is 4.74 Å². The second-order valence-corrected chi connectivity index (χ2v) is 9.62. The van der Waals surface area contributed by atoms with Crippen LogP contribution in [-0.2, 0) is 4.74 Å². The van der Waals surface area contributed by atoms with Gasteiger partial charge in [0.1, 0.15) is 11.4 Å². The van der Waals surface area contributed by atoms with Gasteiger partial charge in [-0.2, -0.15) is 5.10 Å². The molecule has 1 atom stereocenters. The fourth-order valence-electron chi connectivity index (χ4n) is 4.09. The highest BCUT2D eigenvalue weighted by Gasteiger charge is 2.22. The third-order valence-electron chi connectivity index (χ3n) is 6.15. The first kappa shape index (κ1) is 23.7. The number of pyridine rings is 2. The molecule has 1 saturated heterocycles. The molecule has 5 heterocycles. The number of fused-ring (bicyclic) bond motifs is 1. The molecule has 3 N–H and O–H groups in total. The van der Waals surface area contributed by atoms with Crippen molar-refractivity contribution in [3.8, 4) is 16.3 Å². The molecule has 5 rings (SSSR count). The van der Waals surface area contributed by atoms with E-state index in [9.17, 15) is 14.7 Å². The summed E-state index contributed by atoms with van der Waals surface area (Å²) in [5, 5.41) is 19.9. The number of likely N-dealkylation sites (tertiary alicyclic amines) is 1. The largest absolute Gasteiger partial charge is 0.493 e. The van der Waals surface area contributed by atoms with Gasteiger partial charge < -0.3 is 20.1 Å². The molecule has 1 aliphatic rings. The number of hydrogen-bond acceptors (Lipinski definition) is 9. The van der Waals surface area contributed by atoms with Crippen LogP contribution in [0, 0.1) is 6.92 Å². The minimum Gasteiger partial charge on any atom is -0.493 e. The Hall–Kier alpha value is -4.03. The second kappa shape index (κ2) is 9.91. The topological polar surface area (TPSA) is 134 Å². The van der Waals surface area contributed by atoms with E-state index in [0.29, 0.717) is 39.6 Å². The number of rotatable bonds is 6. The summed E-state index contributed by atoms with van der Waals surface area (Å²) in [6.45, 7) is 3.08. The van der Waals surface area contributed by atoms with Gasteiger partial charge >= 0.3 is 6.09 Å². The van der Waals surface area contributed by atoms with Crippen molar-refractivity contribution in [1.82, 2.24) is 24.5 Å². The summed E-state index contributed by atoms with van der Waals surface area (Å²) in [6.07, 6.45) is 7.77. The Morgan fingerprint density at radius 3 is 2.92 bits per heavy atom. The monoisotopic (exact) mass is 507 g/mol. The number of aryl methyl sites for hydroxylation is 1. The number of thiazole rings is 1. The van der Waals surface area contributed by atoms with Crippen LogP contribution >= 0.6 is 11.3 Å². The van der Waals surface area contributed by atoms with E-state index in [2.05, 4.69) is 30.6 Å². The molecule has 0 spiro atoms. The number of carbonyl (C=O) groups excluding carboxylic acids is 2. The van der Waals surface area contributed by atoms with Crippen LogP contribution in [-0.4, -0.2) is 67.8 Å². The Labute approximate surface area is 210 Å². The molecule has 186 valence electrons. The first-order chi connectivity index (χ1) is 17.4. The van der Waals surface area contributed by atoms with Crippen molar-refractivity contribution in [2.45, 2.75) is 25.8 Å².